The van der Waals surface area contributed by atoms with Crippen molar-refractivity contribution >= 4 is 17.5 Å². The minimum atomic E-state index is 0.611. The lowest BCUT2D eigenvalue weighted by atomic mass is 10.1. The van der Waals surface area contributed by atoms with Crippen LogP contribution in [0.4, 0.5) is 17.5 Å². The summed E-state index contributed by atoms with van der Waals surface area (Å²) >= 11 is 0. The van der Waals surface area contributed by atoms with Gasteiger partial charge in [0.15, 0.2) is 0 Å². The van der Waals surface area contributed by atoms with E-state index in [0.717, 1.165) is 29.2 Å². The Bertz CT molecular complexity index is 785. The molecule has 0 aliphatic heterocycles. The highest BCUT2D eigenvalue weighted by molar-refractivity contribution is 5.58. The average Bonchev–Trinajstić information content (AvgIpc) is 2.61. The Balaban J connectivity index is 1.70. The summed E-state index contributed by atoms with van der Waals surface area (Å²) in [5.74, 6) is 1.39. The molecule has 0 spiro atoms. The van der Waals surface area contributed by atoms with Crippen LogP contribution in [0, 0.1) is 6.92 Å². The van der Waals surface area contributed by atoms with Gasteiger partial charge in [0.25, 0.3) is 0 Å². The van der Waals surface area contributed by atoms with Gasteiger partial charge < -0.3 is 10.6 Å². The number of hydrogen-bond donors (Lipinski definition) is 2. The Kier molecular flexibility index (Phi) is 5.01. The van der Waals surface area contributed by atoms with E-state index >= 15 is 0 Å². The van der Waals surface area contributed by atoms with Gasteiger partial charge in [-0.2, -0.15) is 4.98 Å². The molecule has 2 aromatic heterocycles. The molecule has 2 N–H and O–H groups in total. The third-order valence-corrected chi connectivity index (χ3v) is 3.69. The van der Waals surface area contributed by atoms with Crippen molar-refractivity contribution in [3.8, 4) is 0 Å². The highest BCUT2D eigenvalue weighted by atomic mass is 15.1. The molecule has 0 aliphatic rings. The summed E-state index contributed by atoms with van der Waals surface area (Å²) < 4.78 is 0. The fraction of sp³-hybridized carbons (Fsp3) is 0.211. The van der Waals surface area contributed by atoms with Crippen LogP contribution >= 0.6 is 0 Å². The number of nitrogens with one attached hydrogen (secondary N) is 2. The fourth-order valence-electron chi connectivity index (χ4n) is 2.37. The molecule has 0 saturated carbocycles. The molecule has 5 heteroatoms. The van der Waals surface area contributed by atoms with Gasteiger partial charge >= 0.3 is 0 Å². The van der Waals surface area contributed by atoms with Crippen molar-refractivity contribution < 1.29 is 0 Å². The van der Waals surface area contributed by atoms with Crippen LogP contribution in [0.25, 0.3) is 0 Å². The topological polar surface area (TPSA) is 62.7 Å². The Labute approximate surface area is 142 Å². The van der Waals surface area contributed by atoms with Gasteiger partial charge in [-0.15, -0.1) is 0 Å². The van der Waals surface area contributed by atoms with Gasteiger partial charge in [0, 0.05) is 36.4 Å². The van der Waals surface area contributed by atoms with Crippen molar-refractivity contribution in [1.82, 2.24) is 15.0 Å². The molecule has 0 bridgehead atoms. The Hall–Kier alpha value is -2.95. The van der Waals surface area contributed by atoms with E-state index < -0.39 is 0 Å². The van der Waals surface area contributed by atoms with Crippen molar-refractivity contribution in [2.45, 2.75) is 26.8 Å². The number of aryl methyl sites for hydroxylation is 2. The lowest BCUT2D eigenvalue weighted by molar-refractivity contribution is 1.03. The molecule has 3 rings (SSSR count). The lowest BCUT2D eigenvalue weighted by Crippen LogP contribution is -2.06. The largest absolute Gasteiger partial charge is 0.350 e. The van der Waals surface area contributed by atoms with Gasteiger partial charge in [0.1, 0.15) is 5.82 Å². The molecule has 2 heterocycles. The molecule has 0 atom stereocenters. The zero-order valence-corrected chi connectivity index (χ0v) is 14.0. The Morgan fingerprint density at radius 3 is 2.38 bits per heavy atom. The Morgan fingerprint density at radius 1 is 0.917 bits per heavy atom. The summed E-state index contributed by atoms with van der Waals surface area (Å²) in [6.45, 7) is 4.78. The van der Waals surface area contributed by atoms with E-state index in [9.17, 15) is 0 Å². The number of rotatable bonds is 6. The van der Waals surface area contributed by atoms with E-state index in [1.165, 1.54) is 5.56 Å². The van der Waals surface area contributed by atoms with Gasteiger partial charge in [-0.1, -0.05) is 19.1 Å². The second kappa shape index (κ2) is 7.55. The molecule has 0 saturated heterocycles. The number of pyridine rings is 1. The van der Waals surface area contributed by atoms with Gasteiger partial charge in [-0.3, -0.25) is 4.98 Å². The van der Waals surface area contributed by atoms with Crippen LogP contribution in [0.15, 0.2) is 54.9 Å². The molecule has 0 aliphatic carbocycles. The first-order chi connectivity index (χ1) is 11.7. The first kappa shape index (κ1) is 15.9. The summed E-state index contributed by atoms with van der Waals surface area (Å²) in [5, 5.41) is 6.59. The molecular formula is C19H21N5. The van der Waals surface area contributed by atoms with Crippen molar-refractivity contribution in [3.63, 3.8) is 0 Å². The first-order valence-corrected chi connectivity index (χ1v) is 8.07. The number of anilines is 3. The number of benzene rings is 1. The summed E-state index contributed by atoms with van der Waals surface area (Å²) in [5.41, 5.74) is 4.39. The van der Waals surface area contributed by atoms with Crippen LogP contribution in [0.2, 0.25) is 0 Å². The molecule has 5 nitrogen and oxygen atoms in total. The smallest absolute Gasteiger partial charge is 0.225 e. The quantitative estimate of drug-likeness (QED) is 0.716. The van der Waals surface area contributed by atoms with E-state index in [1.54, 1.807) is 12.4 Å². The number of nitrogens with zero attached hydrogens (tertiary/aromatic N) is 3. The molecular weight excluding hydrogens is 298 g/mol. The summed E-state index contributed by atoms with van der Waals surface area (Å²) in [6.07, 6.45) is 4.60. The van der Waals surface area contributed by atoms with Gasteiger partial charge in [0.05, 0.1) is 0 Å². The summed E-state index contributed by atoms with van der Waals surface area (Å²) in [4.78, 5) is 13.0. The van der Waals surface area contributed by atoms with Gasteiger partial charge in [-0.25, -0.2) is 4.98 Å². The standard InChI is InChI=1S/C19H21N5/c1-3-15-4-6-17(7-5-15)23-18-12-14(2)22-19(24-18)21-13-16-8-10-20-11-9-16/h4-12H,3,13H2,1-2H3,(H2,21,22,23,24). The SMILES string of the molecule is CCc1ccc(Nc2cc(C)nc(NCc3ccncc3)n2)cc1. The number of aromatic nitrogens is 3. The normalized spacial score (nSPS) is 10.4. The second-order valence-corrected chi connectivity index (χ2v) is 5.60. The van der Waals surface area contributed by atoms with Crippen LogP contribution in [-0.4, -0.2) is 15.0 Å². The minimum absolute atomic E-state index is 0.611. The van der Waals surface area contributed by atoms with E-state index in [0.29, 0.717) is 12.5 Å². The highest BCUT2D eigenvalue weighted by Gasteiger charge is 2.03. The van der Waals surface area contributed by atoms with Gasteiger partial charge in [0.2, 0.25) is 5.95 Å². The predicted molar refractivity (Wildman–Crippen MR) is 97.4 cm³/mol. The van der Waals surface area contributed by atoms with Crippen molar-refractivity contribution in [2.24, 2.45) is 0 Å². The second-order valence-electron chi connectivity index (χ2n) is 5.60. The highest BCUT2D eigenvalue weighted by Crippen LogP contribution is 2.18. The summed E-state index contributed by atoms with van der Waals surface area (Å²) in [6, 6.07) is 14.3. The molecule has 0 amide bonds. The maximum absolute atomic E-state index is 4.54. The first-order valence-electron chi connectivity index (χ1n) is 8.07. The molecule has 24 heavy (non-hydrogen) atoms. The molecule has 0 fully saturated rings. The van der Waals surface area contributed by atoms with Crippen molar-refractivity contribution in [1.29, 1.82) is 0 Å². The van der Waals surface area contributed by atoms with Gasteiger partial charge in [-0.05, 0) is 48.7 Å². The van der Waals surface area contributed by atoms with Crippen LogP contribution in [0.5, 0.6) is 0 Å². The summed E-state index contributed by atoms with van der Waals surface area (Å²) in [7, 11) is 0. The minimum Gasteiger partial charge on any atom is -0.350 e. The van der Waals surface area contributed by atoms with Crippen LogP contribution in [0.3, 0.4) is 0 Å². The molecule has 1 aromatic carbocycles. The third-order valence-electron chi connectivity index (χ3n) is 3.69. The van der Waals surface area contributed by atoms with Crippen molar-refractivity contribution in [2.75, 3.05) is 10.6 Å². The third kappa shape index (κ3) is 4.29. The average molecular weight is 319 g/mol. The van der Waals surface area contributed by atoms with E-state index in [-0.39, 0.29) is 0 Å². The van der Waals surface area contributed by atoms with Crippen LogP contribution in [0.1, 0.15) is 23.7 Å². The van der Waals surface area contributed by atoms with Crippen molar-refractivity contribution in [3.05, 3.63) is 71.7 Å². The monoisotopic (exact) mass is 319 g/mol. The zero-order valence-electron chi connectivity index (χ0n) is 14.0. The molecule has 0 radical (unpaired) electrons. The van der Waals surface area contributed by atoms with Crippen LogP contribution < -0.4 is 10.6 Å². The van der Waals surface area contributed by atoms with Crippen LogP contribution in [-0.2, 0) is 13.0 Å². The lowest BCUT2D eigenvalue weighted by Gasteiger charge is -2.10. The van der Waals surface area contributed by atoms with E-state index in [2.05, 4.69) is 56.8 Å². The molecule has 122 valence electrons. The van der Waals surface area contributed by atoms with E-state index in [1.807, 2.05) is 25.1 Å². The fourth-order valence-corrected chi connectivity index (χ4v) is 2.37. The molecule has 3 aromatic rings. The maximum Gasteiger partial charge on any atom is 0.225 e. The molecule has 0 unspecified atom stereocenters. The zero-order chi connectivity index (χ0) is 16.8. The Morgan fingerprint density at radius 2 is 1.67 bits per heavy atom. The maximum atomic E-state index is 4.54. The number of hydrogen-bond acceptors (Lipinski definition) is 5. The van der Waals surface area contributed by atoms with E-state index in [4.69, 9.17) is 0 Å². The predicted octanol–water partition coefficient (Wildman–Crippen LogP) is 4.10.